The summed E-state index contributed by atoms with van der Waals surface area (Å²) in [7, 11) is 1.98. The van der Waals surface area contributed by atoms with Crippen LogP contribution in [0.2, 0.25) is 0 Å². The second-order valence-corrected chi connectivity index (χ2v) is 8.35. The molecule has 1 atom stereocenters. The third-order valence-corrected chi connectivity index (χ3v) is 6.28. The van der Waals surface area contributed by atoms with Crippen molar-refractivity contribution in [1.29, 1.82) is 0 Å². The zero-order valence-corrected chi connectivity index (χ0v) is 17.7. The van der Waals surface area contributed by atoms with Crippen LogP contribution in [0.15, 0.2) is 18.3 Å². The van der Waals surface area contributed by atoms with E-state index < -0.39 is 0 Å². The van der Waals surface area contributed by atoms with Crippen LogP contribution >= 0.6 is 11.5 Å². The van der Waals surface area contributed by atoms with Gasteiger partial charge in [-0.15, -0.1) is 0 Å². The predicted molar refractivity (Wildman–Crippen MR) is 114 cm³/mol. The quantitative estimate of drug-likeness (QED) is 0.559. The van der Waals surface area contributed by atoms with Crippen molar-refractivity contribution < 1.29 is 4.74 Å². The second kappa shape index (κ2) is 6.93. The molecule has 9 heteroatoms. The van der Waals surface area contributed by atoms with E-state index in [1.165, 1.54) is 11.5 Å². The number of H-pyrrole nitrogens is 1. The Bertz CT molecular complexity index is 1170. The molecule has 0 unspecified atom stereocenters. The number of nitrogens with zero attached hydrogens (tertiary/aromatic N) is 6. The van der Waals surface area contributed by atoms with Crippen LogP contribution in [0, 0.1) is 13.8 Å². The van der Waals surface area contributed by atoms with Crippen LogP contribution in [0.25, 0.3) is 32.9 Å². The Morgan fingerprint density at radius 2 is 2.14 bits per heavy atom. The molecule has 5 heterocycles. The summed E-state index contributed by atoms with van der Waals surface area (Å²) in [5, 5.41) is 11.8. The van der Waals surface area contributed by atoms with Crippen molar-refractivity contribution in [2.75, 3.05) is 24.7 Å². The van der Waals surface area contributed by atoms with Gasteiger partial charge >= 0.3 is 0 Å². The van der Waals surface area contributed by atoms with Gasteiger partial charge < -0.3 is 9.64 Å². The molecule has 8 nitrogen and oxygen atoms in total. The first-order chi connectivity index (χ1) is 14.0. The summed E-state index contributed by atoms with van der Waals surface area (Å²) in [6, 6.07) is 4.45. The number of aromatic nitrogens is 6. The normalized spacial score (nSPS) is 17.4. The number of aryl methyl sites for hydroxylation is 3. The number of aromatic amines is 1. The van der Waals surface area contributed by atoms with E-state index in [-0.39, 0.29) is 6.04 Å². The molecule has 1 N–H and O–H groups in total. The van der Waals surface area contributed by atoms with Gasteiger partial charge in [0.2, 0.25) is 0 Å². The molecule has 29 heavy (non-hydrogen) atoms. The molecular formula is C20H23N7OS. The van der Waals surface area contributed by atoms with Crippen LogP contribution in [-0.4, -0.2) is 55.1 Å². The molecule has 0 bridgehead atoms. The average molecular weight is 410 g/mol. The van der Waals surface area contributed by atoms with E-state index in [0.717, 1.165) is 56.5 Å². The van der Waals surface area contributed by atoms with Crippen molar-refractivity contribution in [3.63, 3.8) is 0 Å². The topological polar surface area (TPSA) is 84.8 Å². The molecule has 0 amide bonds. The molecular weight excluding hydrogens is 386 g/mol. The number of morpholine rings is 1. The molecule has 0 aromatic carbocycles. The van der Waals surface area contributed by atoms with Crippen LogP contribution in [0.4, 0.5) is 5.82 Å². The maximum atomic E-state index is 5.64. The Morgan fingerprint density at radius 3 is 2.83 bits per heavy atom. The van der Waals surface area contributed by atoms with Gasteiger partial charge in [0, 0.05) is 19.2 Å². The van der Waals surface area contributed by atoms with Crippen molar-refractivity contribution in [3.05, 3.63) is 29.6 Å². The summed E-state index contributed by atoms with van der Waals surface area (Å²) in [5.74, 6) is 0.946. The molecule has 4 aromatic heterocycles. The van der Waals surface area contributed by atoms with Gasteiger partial charge in [0.05, 0.1) is 47.2 Å². The molecule has 5 rings (SSSR count). The number of ether oxygens (including phenoxy) is 1. The number of hydrogen-bond acceptors (Lipinski definition) is 7. The highest BCUT2D eigenvalue weighted by molar-refractivity contribution is 7.14. The lowest BCUT2D eigenvalue weighted by molar-refractivity contribution is 0.0986. The van der Waals surface area contributed by atoms with Crippen molar-refractivity contribution in [2.45, 2.75) is 26.8 Å². The summed E-state index contributed by atoms with van der Waals surface area (Å²) in [4.78, 5) is 7.38. The molecule has 1 fully saturated rings. The van der Waals surface area contributed by atoms with Crippen LogP contribution in [0.3, 0.4) is 0 Å². The van der Waals surface area contributed by atoms with Gasteiger partial charge in [0.15, 0.2) is 0 Å². The molecule has 1 aliphatic heterocycles. The highest BCUT2D eigenvalue weighted by atomic mass is 32.1. The zero-order chi connectivity index (χ0) is 20.1. The predicted octanol–water partition coefficient (Wildman–Crippen LogP) is 3.32. The third-order valence-electron chi connectivity index (χ3n) is 5.41. The minimum absolute atomic E-state index is 0.263. The van der Waals surface area contributed by atoms with Gasteiger partial charge in [-0.3, -0.25) is 9.78 Å². The second-order valence-electron chi connectivity index (χ2n) is 7.58. The largest absolute Gasteiger partial charge is 0.377 e. The zero-order valence-electron chi connectivity index (χ0n) is 16.9. The van der Waals surface area contributed by atoms with Crippen molar-refractivity contribution in [3.8, 4) is 22.6 Å². The van der Waals surface area contributed by atoms with Crippen LogP contribution in [0.1, 0.15) is 18.2 Å². The molecule has 1 saturated heterocycles. The first-order valence-corrected chi connectivity index (χ1v) is 10.5. The highest BCUT2D eigenvalue weighted by Gasteiger charge is 2.25. The van der Waals surface area contributed by atoms with E-state index >= 15 is 0 Å². The minimum atomic E-state index is 0.263. The molecule has 0 spiro atoms. The summed E-state index contributed by atoms with van der Waals surface area (Å²) in [6.45, 7) is 8.45. The monoisotopic (exact) mass is 409 g/mol. The fraction of sp³-hybridized carbons (Fsp3) is 0.400. The van der Waals surface area contributed by atoms with E-state index in [9.17, 15) is 0 Å². The maximum Gasteiger partial charge on any atom is 0.130 e. The molecule has 1 aliphatic rings. The van der Waals surface area contributed by atoms with Crippen molar-refractivity contribution >= 4 is 27.6 Å². The van der Waals surface area contributed by atoms with Gasteiger partial charge in [-0.05, 0) is 50.0 Å². The molecule has 0 radical (unpaired) electrons. The van der Waals surface area contributed by atoms with Crippen LogP contribution < -0.4 is 4.90 Å². The van der Waals surface area contributed by atoms with E-state index in [4.69, 9.17) is 14.1 Å². The van der Waals surface area contributed by atoms with Crippen LogP contribution in [0.5, 0.6) is 0 Å². The number of hydrogen-bond donors (Lipinski definition) is 1. The molecule has 150 valence electrons. The van der Waals surface area contributed by atoms with E-state index in [2.05, 4.69) is 40.1 Å². The lowest BCUT2D eigenvalue weighted by Crippen LogP contribution is -2.44. The maximum absolute atomic E-state index is 5.64. The summed E-state index contributed by atoms with van der Waals surface area (Å²) < 4.78 is 13.4. The Labute approximate surface area is 172 Å². The highest BCUT2D eigenvalue weighted by Crippen LogP contribution is 2.39. The summed E-state index contributed by atoms with van der Waals surface area (Å²) >= 11 is 1.47. The number of pyridine rings is 1. The fourth-order valence-corrected chi connectivity index (χ4v) is 4.80. The van der Waals surface area contributed by atoms with Gasteiger partial charge in [-0.1, -0.05) is 0 Å². The van der Waals surface area contributed by atoms with E-state index in [1.807, 2.05) is 30.9 Å². The SMILES string of the molecule is Cc1cc(-c2nsc3c(-c4c(C)cnn4C)cc(N4CCOC[C@H]4C)nc23)[nH]n1. The van der Waals surface area contributed by atoms with Crippen LogP contribution in [-0.2, 0) is 11.8 Å². The average Bonchev–Trinajstić information content (AvgIpc) is 3.40. The Morgan fingerprint density at radius 1 is 1.28 bits per heavy atom. The lowest BCUT2D eigenvalue weighted by Gasteiger charge is -2.34. The smallest absolute Gasteiger partial charge is 0.130 e. The molecule has 4 aromatic rings. The lowest BCUT2D eigenvalue weighted by atomic mass is 10.1. The standard InChI is InChI=1S/C20H23N7OS/c1-11-9-21-26(4)19(11)14-8-16(27-5-6-28-10-13(27)3)22-18-17(25-29-20(14)18)15-7-12(2)23-24-15/h7-9,13H,5-6,10H2,1-4H3,(H,23,24)/t13-/m1/s1. The van der Waals surface area contributed by atoms with Gasteiger partial charge in [0.25, 0.3) is 0 Å². The van der Waals surface area contributed by atoms with Gasteiger partial charge in [-0.2, -0.15) is 14.6 Å². The molecule has 0 saturated carbocycles. The first kappa shape index (κ1) is 18.3. The number of anilines is 1. The summed E-state index contributed by atoms with van der Waals surface area (Å²) in [6.07, 6.45) is 1.90. The number of nitrogens with one attached hydrogen (secondary N) is 1. The van der Waals surface area contributed by atoms with E-state index in [0.29, 0.717) is 13.2 Å². The third kappa shape index (κ3) is 3.01. The Kier molecular flexibility index (Phi) is 4.36. The van der Waals surface area contributed by atoms with Gasteiger partial charge in [0.1, 0.15) is 17.0 Å². The van der Waals surface area contributed by atoms with Crippen molar-refractivity contribution in [1.82, 2.24) is 29.3 Å². The van der Waals surface area contributed by atoms with E-state index in [1.54, 1.807) is 0 Å². The summed E-state index contributed by atoms with van der Waals surface area (Å²) in [5.41, 5.74) is 6.90. The van der Waals surface area contributed by atoms with Crippen molar-refractivity contribution in [2.24, 2.45) is 7.05 Å². The molecule has 0 aliphatic carbocycles. The number of fused-ring (bicyclic) bond motifs is 1. The number of rotatable bonds is 3. The Hall–Kier alpha value is -2.78. The Balaban J connectivity index is 1.77. The van der Waals surface area contributed by atoms with Gasteiger partial charge in [-0.25, -0.2) is 4.98 Å². The fourth-order valence-electron chi connectivity index (χ4n) is 3.95. The minimum Gasteiger partial charge on any atom is -0.377 e. The first-order valence-electron chi connectivity index (χ1n) is 9.69.